The number of hydrazine groups is 1. The van der Waals surface area contributed by atoms with E-state index in [1.807, 2.05) is 13.1 Å². The van der Waals surface area contributed by atoms with E-state index in [4.69, 9.17) is 10.3 Å². The number of nitrogens with two attached hydrogens (primary N) is 1. The summed E-state index contributed by atoms with van der Waals surface area (Å²) in [4.78, 5) is 51.8. The summed E-state index contributed by atoms with van der Waals surface area (Å²) in [7, 11) is -2.20. The lowest BCUT2D eigenvalue weighted by Gasteiger charge is -2.41. The molecule has 3 rings (SSSR count). The summed E-state index contributed by atoms with van der Waals surface area (Å²) in [6.45, 7) is 11.9. The van der Waals surface area contributed by atoms with Crippen LogP contribution in [-0.4, -0.2) is 54.0 Å². The molecule has 8 nitrogen and oxygen atoms in total. The first kappa shape index (κ1) is 23.3. The lowest BCUT2D eigenvalue weighted by Crippen LogP contribution is -2.57. The van der Waals surface area contributed by atoms with Crippen molar-refractivity contribution in [2.24, 2.45) is 11.8 Å². The standard InChI is InChI=1S/C22H31N3O5Si/c1-13(30-31(5,6)22(2,3)4)18(26)25(23)19(27)14-11-15(12-14)24-20(28)16-9-7-8-10-17(16)21(24)29/h7-10,13-15H,11-12,23H2,1-6H3/t13?,14-,15-. The third-order valence-corrected chi connectivity index (χ3v) is 11.3. The molecular formula is C22H31N3O5Si. The zero-order valence-electron chi connectivity index (χ0n) is 19.0. The van der Waals surface area contributed by atoms with E-state index in [0.29, 0.717) is 29.0 Å². The molecule has 1 aromatic rings. The molecular weight excluding hydrogens is 414 g/mol. The zero-order valence-corrected chi connectivity index (χ0v) is 20.0. The molecule has 0 saturated heterocycles. The number of hydrogen-bond donors (Lipinski definition) is 1. The van der Waals surface area contributed by atoms with Gasteiger partial charge in [0.05, 0.1) is 11.1 Å². The Kier molecular flexibility index (Phi) is 5.98. The van der Waals surface area contributed by atoms with Gasteiger partial charge in [0, 0.05) is 12.0 Å². The number of imide groups is 2. The highest BCUT2D eigenvalue weighted by molar-refractivity contribution is 6.74. The fraction of sp³-hybridized carbons (Fsp3) is 0.545. The average Bonchev–Trinajstić information content (AvgIpc) is 2.89. The van der Waals surface area contributed by atoms with E-state index >= 15 is 0 Å². The maximum Gasteiger partial charge on any atom is 0.271 e. The van der Waals surface area contributed by atoms with Crippen molar-refractivity contribution in [1.29, 1.82) is 0 Å². The zero-order chi connectivity index (χ0) is 23.3. The van der Waals surface area contributed by atoms with E-state index in [1.54, 1.807) is 31.2 Å². The van der Waals surface area contributed by atoms with Crippen LogP contribution in [0.4, 0.5) is 0 Å². The molecule has 31 heavy (non-hydrogen) atoms. The largest absolute Gasteiger partial charge is 0.405 e. The Hall–Kier alpha value is -2.36. The van der Waals surface area contributed by atoms with E-state index in [9.17, 15) is 19.2 Å². The number of amides is 4. The van der Waals surface area contributed by atoms with Crippen LogP contribution in [0.5, 0.6) is 0 Å². The minimum Gasteiger partial charge on any atom is -0.405 e. The monoisotopic (exact) mass is 445 g/mol. The van der Waals surface area contributed by atoms with Crippen molar-refractivity contribution in [2.75, 3.05) is 0 Å². The van der Waals surface area contributed by atoms with Crippen molar-refractivity contribution in [3.05, 3.63) is 35.4 Å². The molecule has 0 spiro atoms. The van der Waals surface area contributed by atoms with Gasteiger partial charge in [-0.2, -0.15) is 0 Å². The molecule has 2 N–H and O–H groups in total. The Morgan fingerprint density at radius 1 is 1.13 bits per heavy atom. The average molecular weight is 446 g/mol. The van der Waals surface area contributed by atoms with Gasteiger partial charge in [-0.15, -0.1) is 0 Å². The molecule has 1 heterocycles. The topological polar surface area (TPSA) is 110 Å². The van der Waals surface area contributed by atoms with Crippen molar-refractivity contribution >= 4 is 31.9 Å². The first-order valence-electron chi connectivity index (χ1n) is 10.5. The molecule has 0 radical (unpaired) electrons. The van der Waals surface area contributed by atoms with Crippen LogP contribution < -0.4 is 5.84 Å². The van der Waals surface area contributed by atoms with Gasteiger partial charge in [-0.3, -0.25) is 24.1 Å². The highest BCUT2D eigenvalue weighted by Gasteiger charge is 2.48. The lowest BCUT2D eigenvalue weighted by atomic mass is 9.78. The first-order chi connectivity index (χ1) is 14.3. The molecule has 9 heteroatoms. The van der Waals surface area contributed by atoms with Crippen LogP contribution in [0, 0.1) is 5.92 Å². The number of rotatable bonds is 5. The maximum absolute atomic E-state index is 12.7. The first-order valence-corrected chi connectivity index (χ1v) is 13.4. The Morgan fingerprint density at radius 3 is 2.06 bits per heavy atom. The number of fused-ring (bicyclic) bond motifs is 1. The third kappa shape index (κ3) is 4.09. The van der Waals surface area contributed by atoms with E-state index < -0.39 is 32.2 Å². The van der Waals surface area contributed by atoms with Crippen LogP contribution in [0.15, 0.2) is 24.3 Å². The van der Waals surface area contributed by atoms with Crippen LogP contribution in [0.1, 0.15) is 61.3 Å². The molecule has 0 bridgehead atoms. The second kappa shape index (κ2) is 7.96. The molecule has 2 aliphatic rings. The number of hydrogen-bond acceptors (Lipinski definition) is 6. The summed E-state index contributed by atoms with van der Waals surface area (Å²) in [5.41, 5.74) is 0.768. The lowest BCUT2D eigenvalue weighted by molar-refractivity contribution is -0.154. The van der Waals surface area contributed by atoms with Crippen LogP contribution in [0.2, 0.25) is 18.1 Å². The SMILES string of the molecule is CC(O[Si](C)(C)C(C)(C)C)C(=O)N(N)C(=O)[C@H]1C[C@H](N2C(=O)c3ccccc3C2=O)C1. The second-order valence-electron chi connectivity index (χ2n) is 9.91. The second-order valence-corrected chi connectivity index (χ2v) is 14.7. The number of carbonyl (C=O) groups is 4. The molecule has 168 valence electrons. The van der Waals surface area contributed by atoms with Gasteiger partial charge in [0.15, 0.2) is 8.32 Å². The Bertz CT molecular complexity index is 898. The quantitative estimate of drug-likeness (QED) is 0.245. The maximum atomic E-state index is 12.7. The highest BCUT2D eigenvalue weighted by Crippen LogP contribution is 2.39. The molecule has 1 fully saturated rings. The fourth-order valence-electron chi connectivity index (χ4n) is 3.71. The van der Waals surface area contributed by atoms with Crippen molar-refractivity contribution < 1.29 is 23.6 Å². The Morgan fingerprint density at radius 2 is 1.61 bits per heavy atom. The Labute approximate surface area is 183 Å². The van der Waals surface area contributed by atoms with Gasteiger partial charge in [-0.05, 0) is 50.0 Å². The Balaban J connectivity index is 1.59. The smallest absolute Gasteiger partial charge is 0.271 e. The van der Waals surface area contributed by atoms with Gasteiger partial charge in [0.2, 0.25) is 5.91 Å². The summed E-state index contributed by atoms with van der Waals surface area (Å²) < 4.78 is 6.05. The van der Waals surface area contributed by atoms with Crippen molar-refractivity contribution in [3.8, 4) is 0 Å². The van der Waals surface area contributed by atoms with Gasteiger partial charge in [-0.1, -0.05) is 32.9 Å². The summed E-state index contributed by atoms with van der Waals surface area (Å²) >= 11 is 0. The van der Waals surface area contributed by atoms with Crippen LogP contribution in [0.25, 0.3) is 0 Å². The van der Waals surface area contributed by atoms with E-state index in [0.717, 1.165) is 0 Å². The minimum absolute atomic E-state index is 0.0848. The van der Waals surface area contributed by atoms with Crippen molar-refractivity contribution in [1.82, 2.24) is 9.91 Å². The molecule has 1 aliphatic carbocycles. The molecule has 1 unspecified atom stereocenters. The van der Waals surface area contributed by atoms with E-state index in [2.05, 4.69) is 20.8 Å². The van der Waals surface area contributed by atoms with Crippen molar-refractivity contribution in [2.45, 2.75) is 70.8 Å². The predicted octanol–water partition coefficient (Wildman–Crippen LogP) is 2.70. The number of nitrogens with zero attached hydrogens (tertiary/aromatic N) is 2. The highest BCUT2D eigenvalue weighted by atomic mass is 28.4. The predicted molar refractivity (Wildman–Crippen MR) is 117 cm³/mol. The fourth-order valence-corrected chi connectivity index (χ4v) is 5.05. The van der Waals surface area contributed by atoms with Crippen molar-refractivity contribution in [3.63, 3.8) is 0 Å². The van der Waals surface area contributed by atoms with Crippen LogP contribution >= 0.6 is 0 Å². The summed E-state index contributed by atoms with van der Waals surface area (Å²) in [6.07, 6.45) is -0.243. The molecule has 1 aliphatic heterocycles. The van der Waals surface area contributed by atoms with Gasteiger partial charge in [-0.25, -0.2) is 10.9 Å². The van der Waals surface area contributed by atoms with Gasteiger partial charge < -0.3 is 4.43 Å². The third-order valence-electron chi connectivity index (χ3n) is 6.75. The molecule has 0 aromatic heterocycles. The molecule has 1 atom stereocenters. The summed E-state index contributed by atoms with van der Waals surface area (Å²) in [5.74, 6) is 3.56. The van der Waals surface area contributed by atoms with Gasteiger partial charge >= 0.3 is 0 Å². The van der Waals surface area contributed by atoms with E-state index in [1.165, 1.54) is 4.90 Å². The minimum atomic E-state index is -2.20. The molecule has 1 saturated carbocycles. The van der Waals surface area contributed by atoms with Gasteiger partial charge in [0.25, 0.3) is 17.7 Å². The molecule has 4 amide bonds. The number of benzene rings is 1. The molecule has 1 aromatic carbocycles. The van der Waals surface area contributed by atoms with Crippen LogP contribution in [0.3, 0.4) is 0 Å². The van der Waals surface area contributed by atoms with E-state index in [-0.39, 0.29) is 22.9 Å². The van der Waals surface area contributed by atoms with Crippen LogP contribution in [-0.2, 0) is 14.0 Å². The summed E-state index contributed by atoms with van der Waals surface area (Å²) in [6, 6.07) is 6.31. The summed E-state index contributed by atoms with van der Waals surface area (Å²) in [5, 5.41) is 0.555. The normalized spacial score (nSPS) is 22.1. The number of carbonyl (C=O) groups excluding carboxylic acids is 4. The van der Waals surface area contributed by atoms with Gasteiger partial charge in [0.1, 0.15) is 6.10 Å².